The Kier molecular flexibility index (Phi) is 6.78. The summed E-state index contributed by atoms with van der Waals surface area (Å²) in [5.41, 5.74) is 0.111. The lowest BCUT2D eigenvalue weighted by Crippen LogP contribution is -2.28. The van der Waals surface area contributed by atoms with Gasteiger partial charge in [-0.1, -0.05) is 0 Å². The summed E-state index contributed by atoms with van der Waals surface area (Å²) in [6.45, 7) is -0.0672. The normalized spacial score (nSPS) is 10.7. The van der Waals surface area contributed by atoms with Gasteiger partial charge in [0.25, 0.3) is 5.91 Å². The SMILES string of the molecule is O=C(CCNC(=O)c1ccc(F)cc1F)Nc1ncc(Cc2cc(F)cc(F)c2)s1. The lowest BCUT2D eigenvalue weighted by Gasteiger charge is -2.06. The van der Waals surface area contributed by atoms with E-state index in [-0.39, 0.29) is 24.9 Å². The molecule has 0 fully saturated rings. The Morgan fingerprint density at radius 2 is 1.70 bits per heavy atom. The molecule has 156 valence electrons. The van der Waals surface area contributed by atoms with Gasteiger partial charge in [0.05, 0.1) is 5.56 Å². The van der Waals surface area contributed by atoms with Gasteiger partial charge in [0.1, 0.15) is 23.3 Å². The van der Waals surface area contributed by atoms with Gasteiger partial charge in [0, 0.05) is 42.6 Å². The summed E-state index contributed by atoms with van der Waals surface area (Å²) in [6, 6.07) is 5.79. The van der Waals surface area contributed by atoms with Gasteiger partial charge in [0.15, 0.2) is 5.13 Å². The highest BCUT2D eigenvalue weighted by Crippen LogP contribution is 2.22. The van der Waals surface area contributed by atoms with Crippen LogP contribution in [-0.4, -0.2) is 23.3 Å². The summed E-state index contributed by atoms with van der Waals surface area (Å²) in [7, 11) is 0. The molecule has 0 radical (unpaired) electrons. The number of hydrogen-bond acceptors (Lipinski definition) is 4. The number of anilines is 1. The van der Waals surface area contributed by atoms with Gasteiger partial charge in [-0.25, -0.2) is 22.5 Å². The third-order valence-corrected chi connectivity index (χ3v) is 4.83. The summed E-state index contributed by atoms with van der Waals surface area (Å²) in [5, 5.41) is 5.22. The summed E-state index contributed by atoms with van der Waals surface area (Å²) >= 11 is 1.15. The second kappa shape index (κ2) is 9.49. The number of carbonyl (C=O) groups excluding carboxylic acids is 2. The number of nitrogens with one attached hydrogen (secondary N) is 2. The maximum Gasteiger partial charge on any atom is 0.254 e. The monoisotopic (exact) mass is 437 g/mol. The van der Waals surface area contributed by atoms with Crippen molar-refractivity contribution in [3.05, 3.63) is 81.9 Å². The van der Waals surface area contributed by atoms with Crippen LogP contribution in [-0.2, 0) is 11.2 Å². The van der Waals surface area contributed by atoms with Crippen molar-refractivity contribution in [2.24, 2.45) is 0 Å². The van der Waals surface area contributed by atoms with Gasteiger partial charge in [0.2, 0.25) is 5.91 Å². The number of hydrogen-bond donors (Lipinski definition) is 2. The number of nitrogens with zero attached hydrogens (tertiary/aromatic N) is 1. The molecule has 1 aromatic heterocycles. The van der Waals surface area contributed by atoms with E-state index in [0.29, 0.717) is 21.6 Å². The molecule has 0 unspecified atom stereocenters. The molecular formula is C20H15F4N3O2S. The summed E-state index contributed by atoms with van der Waals surface area (Å²) < 4.78 is 52.9. The van der Waals surface area contributed by atoms with E-state index in [9.17, 15) is 27.2 Å². The fourth-order valence-corrected chi connectivity index (χ4v) is 3.46. The Hall–Kier alpha value is -3.27. The van der Waals surface area contributed by atoms with Crippen molar-refractivity contribution in [3.63, 3.8) is 0 Å². The van der Waals surface area contributed by atoms with Crippen molar-refractivity contribution in [2.45, 2.75) is 12.8 Å². The number of rotatable bonds is 7. The van der Waals surface area contributed by atoms with Crippen LogP contribution in [0.4, 0.5) is 22.7 Å². The second-order valence-corrected chi connectivity index (χ2v) is 7.38. The zero-order valence-corrected chi connectivity index (χ0v) is 16.2. The van der Waals surface area contributed by atoms with Gasteiger partial charge in [-0.2, -0.15) is 0 Å². The van der Waals surface area contributed by atoms with Gasteiger partial charge in [-0.15, -0.1) is 11.3 Å². The fourth-order valence-electron chi connectivity index (χ4n) is 2.60. The molecule has 0 spiro atoms. The molecule has 0 saturated carbocycles. The van der Waals surface area contributed by atoms with E-state index in [1.54, 1.807) is 0 Å². The third kappa shape index (κ3) is 5.86. The van der Waals surface area contributed by atoms with E-state index in [0.717, 1.165) is 29.5 Å². The molecule has 1 heterocycles. The van der Waals surface area contributed by atoms with Crippen LogP contribution in [0.1, 0.15) is 27.2 Å². The largest absolute Gasteiger partial charge is 0.351 e. The average Bonchev–Trinajstić information content (AvgIpc) is 3.07. The minimum atomic E-state index is -0.995. The van der Waals surface area contributed by atoms with Gasteiger partial charge < -0.3 is 10.6 Å². The van der Waals surface area contributed by atoms with Crippen LogP contribution >= 0.6 is 11.3 Å². The number of halogens is 4. The van der Waals surface area contributed by atoms with E-state index in [1.807, 2.05) is 0 Å². The first-order valence-electron chi connectivity index (χ1n) is 8.73. The third-order valence-electron chi connectivity index (χ3n) is 3.91. The Morgan fingerprint density at radius 1 is 0.967 bits per heavy atom. The number of carbonyl (C=O) groups is 2. The quantitative estimate of drug-likeness (QED) is 0.548. The molecular weight excluding hydrogens is 422 g/mol. The molecule has 0 atom stereocenters. The van der Waals surface area contributed by atoms with Crippen LogP contribution in [0.5, 0.6) is 0 Å². The van der Waals surface area contributed by atoms with Crippen LogP contribution in [0.3, 0.4) is 0 Å². The molecule has 0 bridgehead atoms. The second-order valence-electron chi connectivity index (χ2n) is 6.26. The van der Waals surface area contributed by atoms with Gasteiger partial charge >= 0.3 is 0 Å². The summed E-state index contributed by atoms with van der Waals surface area (Å²) in [4.78, 5) is 28.6. The molecule has 30 heavy (non-hydrogen) atoms. The predicted octanol–water partition coefficient (Wildman–Crippen LogP) is 4.05. The molecule has 0 saturated heterocycles. The number of thiazole rings is 1. The minimum Gasteiger partial charge on any atom is -0.351 e. The highest BCUT2D eigenvalue weighted by Gasteiger charge is 2.13. The molecule has 0 aliphatic rings. The van der Waals surface area contributed by atoms with Crippen molar-refractivity contribution < 1.29 is 27.2 Å². The molecule has 0 aliphatic heterocycles. The summed E-state index contributed by atoms with van der Waals surface area (Å²) in [6.07, 6.45) is 1.64. The smallest absolute Gasteiger partial charge is 0.254 e. The van der Waals surface area contributed by atoms with Gasteiger partial charge in [-0.3, -0.25) is 9.59 Å². The van der Waals surface area contributed by atoms with Crippen LogP contribution in [0, 0.1) is 23.3 Å². The van der Waals surface area contributed by atoms with E-state index >= 15 is 0 Å². The maximum atomic E-state index is 13.5. The molecule has 5 nitrogen and oxygen atoms in total. The molecule has 3 rings (SSSR count). The number of aromatic nitrogens is 1. The Morgan fingerprint density at radius 3 is 2.40 bits per heavy atom. The Balaban J connectivity index is 1.48. The van der Waals surface area contributed by atoms with Crippen molar-refractivity contribution in [1.29, 1.82) is 0 Å². The lowest BCUT2D eigenvalue weighted by molar-refractivity contribution is -0.116. The highest BCUT2D eigenvalue weighted by atomic mass is 32.1. The van der Waals surface area contributed by atoms with Crippen LogP contribution in [0.25, 0.3) is 0 Å². The van der Waals surface area contributed by atoms with Gasteiger partial charge in [-0.05, 0) is 29.8 Å². The number of benzene rings is 2. The lowest BCUT2D eigenvalue weighted by atomic mass is 10.1. The Bertz CT molecular complexity index is 1070. The maximum absolute atomic E-state index is 13.5. The zero-order chi connectivity index (χ0) is 21.7. The first-order valence-corrected chi connectivity index (χ1v) is 9.54. The average molecular weight is 437 g/mol. The molecule has 10 heteroatoms. The van der Waals surface area contributed by atoms with Crippen LogP contribution in [0.15, 0.2) is 42.6 Å². The summed E-state index contributed by atoms with van der Waals surface area (Å²) in [5.74, 6) is -4.35. The van der Waals surface area contributed by atoms with E-state index in [1.165, 1.54) is 18.3 Å². The topological polar surface area (TPSA) is 71.1 Å². The first-order chi connectivity index (χ1) is 14.3. The van der Waals surface area contributed by atoms with E-state index < -0.39 is 35.1 Å². The zero-order valence-electron chi connectivity index (χ0n) is 15.3. The first kappa shape index (κ1) is 21.4. The molecule has 2 N–H and O–H groups in total. The Labute approximate surface area is 172 Å². The molecule has 0 aliphatic carbocycles. The van der Waals surface area contributed by atoms with Crippen molar-refractivity contribution >= 4 is 28.3 Å². The molecule has 3 aromatic rings. The van der Waals surface area contributed by atoms with Crippen molar-refractivity contribution in [2.75, 3.05) is 11.9 Å². The van der Waals surface area contributed by atoms with E-state index in [4.69, 9.17) is 0 Å². The molecule has 2 amide bonds. The fraction of sp³-hybridized carbons (Fsp3) is 0.150. The van der Waals surface area contributed by atoms with Crippen LogP contribution in [0.2, 0.25) is 0 Å². The number of amides is 2. The van der Waals surface area contributed by atoms with Crippen LogP contribution < -0.4 is 10.6 Å². The highest BCUT2D eigenvalue weighted by molar-refractivity contribution is 7.15. The standard InChI is InChI=1S/C20H15F4N3O2S/c21-12-1-2-16(17(24)9-12)19(29)25-4-3-18(28)27-20-26-10-15(30-20)7-11-5-13(22)8-14(23)6-11/h1-2,5-6,8-10H,3-4,7H2,(H,25,29)(H,26,27,28). The molecule has 2 aromatic carbocycles. The predicted molar refractivity (Wildman–Crippen MR) is 103 cm³/mol. The van der Waals surface area contributed by atoms with Crippen molar-refractivity contribution in [3.8, 4) is 0 Å². The van der Waals surface area contributed by atoms with E-state index in [2.05, 4.69) is 15.6 Å². The minimum absolute atomic E-state index is 0.0672. The van der Waals surface area contributed by atoms with Crippen molar-refractivity contribution in [1.82, 2.24) is 10.3 Å².